The Kier molecular flexibility index (Phi) is 3.64. The zero-order chi connectivity index (χ0) is 12.3. The molecule has 1 aromatic rings. The van der Waals surface area contributed by atoms with E-state index >= 15 is 0 Å². The van der Waals surface area contributed by atoms with Crippen molar-refractivity contribution in [2.75, 3.05) is 33.4 Å². The molecule has 0 radical (unpaired) electrons. The summed E-state index contributed by atoms with van der Waals surface area (Å²) in [6, 6.07) is 5.15. The molecule has 4 heteroatoms. The fraction of sp³-hybridized carbons (Fsp3) is 0.538. The van der Waals surface area contributed by atoms with Crippen LogP contribution < -0.4 is 10.1 Å². The Hall–Kier alpha value is -1.13. The average Bonchev–Trinajstić information content (AvgIpc) is 2.28. The predicted octanol–water partition coefficient (Wildman–Crippen LogP) is 1.71. The number of rotatable bonds is 5. The first-order valence-corrected chi connectivity index (χ1v) is 5.84. The van der Waals surface area contributed by atoms with Gasteiger partial charge in [0.05, 0.1) is 25.7 Å². The maximum absolute atomic E-state index is 13.7. The van der Waals surface area contributed by atoms with Gasteiger partial charge in [-0.1, -0.05) is 13.0 Å². The van der Waals surface area contributed by atoms with Crippen LogP contribution in [-0.4, -0.2) is 33.4 Å². The molecule has 0 amide bonds. The number of hydrogen-bond acceptors (Lipinski definition) is 3. The van der Waals surface area contributed by atoms with Gasteiger partial charge in [-0.25, -0.2) is 4.39 Å². The van der Waals surface area contributed by atoms with Crippen molar-refractivity contribution >= 4 is 0 Å². The van der Waals surface area contributed by atoms with Crippen LogP contribution in [0.25, 0.3) is 0 Å². The third kappa shape index (κ3) is 2.28. The Morgan fingerprint density at radius 2 is 2.24 bits per heavy atom. The van der Waals surface area contributed by atoms with E-state index in [0.29, 0.717) is 13.2 Å². The minimum atomic E-state index is -0.312. The summed E-state index contributed by atoms with van der Waals surface area (Å²) in [6.07, 6.45) is 0. The van der Waals surface area contributed by atoms with Gasteiger partial charge in [-0.3, -0.25) is 0 Å². The first kappa shape index (κ1) is 12.3. The van der Waals surface area contributed by atoms with Gasteiger partial charge in [-0.2, -0.15) is 0 Å². The summed E-state index contributed by atoms with van der Waals surface area (Å²) in [5.74, 6) is -0.0274. The highest BCUT2D eigenvalue weighted by Crippen LogP contribution is 2.33. The zero-order valence-corrected chi connectivity index (χ0v) is 10.3. The topological polar surface area (TPSA) is 30.5 Å². The summed E-state index contributed by atoms with van der Waals surface area (Å²) in [7, 11) is 1.47. The molecule has 1 saturated heterocycles. The molecule has 0 unspecified atom stereocenters. The maximum Gasteiger partial charge on any atom is 0.165 e. The highest BCUT2D eigenvalue weighted by Gasteiger charge is 2.40. The van der Waals surface area contributed by atoms with Gasteiger partial charge in [0, 0.05) is 6.54 Å². The van der Waals surface area contributed by atoms with Crippen LogP contribution in [0.5, 0.6) is 5.75 Å². The summed E-state index contributed by atoms with van der Waals surface area (Å²) in [5, 5.41) is 3.30. The molecular formula is C13H18FNO2. The lowest BCUT2D eigenvalue weighted by atomic mass is 9.78. The van der Waals surface area contributed by atoms with Crippen molar-refractivity contribution < 1.29 is 13.9 Å². The quantitative estimate of drug-likeness (QED) is 0.848. The van der Waals surface area contributed by atoms with E-state index in [4.69, 9.17) is 9.47 Å². The van der Waals surface area contributed by atoms with Crippen LogP contribution in [-0.2, 0) is 10.2 Å². The van der Waals surface area contributed by atoms with Crippen molar-refractivity contribution in [1.29, 1.82) is 0 Å². The number of halogens is 1. The first-order chi connectivity index (χ1) is 8.22. The van der Waals surface area contributed by atoms with Crippen molar-refractivity contribution in [3.8, 4) is 5.75 Å². The molecule has 17 heavy (non-hydrogen) atoms. The molecule has 3 nitrogen and oxygen atoms in total. The lowest BCUT2D eigenvalue weighted by molar-refractivity contribution is -0.0589. The summed E-state index contributed by atoms with van der Waals surface area (Å²) in [5.41, 5.74) is 0.895. The van der Waals surface area contributed by atoms with Crippen LogP contribution in [0, 0.1) is 5.82 Å². The van der Waals surface area contributed by atoms with E-state index in [-0.39, 0.29) is 17.0 Å². The number of nitrogens with one attached hydrogen (secondary N) is 1. The Bertz CT molecular complexity index is 391. The van der Waals surface area contributed by atoms with Crippen molar-refractivity contribution in [1.82, 2.24) is 5.32 Å². The van der Waals surface area contributed by atoms with Crippen LogP contribution >= 0.6 is 0 Å². The van der Waals surface area contributed by atoms with Gasteiger partial charge in [0.25, 0.3) is 0 Å². The van der Waals surface area contributed by atoms with Crippen LogP contribution in [0.3, 0.4) is 0 Å². The summed E-state index contributed by atoms with van der Waals surface area (Å²) in [4.78, 5) is 0. The Morgan fingerprint density at radius 3 is 2.71 bits per heavy atom. The second-order valence-corrected chi connectivity index (χ2v) is 4.40. The number of likely N-dealkylation sites (N-methyl/N-ethyl adjacent to an activating group) is 1. The van der Waals surface area contributed by atoms with Crippen LogP contribution in [0.4, 0.5) is 4.39 Å². The second kappa shape index (κ2) is 5.02. The summed E-state index contributed by atoms with van der Waals surface area (Å²) in [6.45, 7) is 5.06. The predicted molar refractivity (Wildman–Crippen MR) is 64.0 cm³/mol. The maximum atomic E-state index is 13.7. The van der Waals surface area contributed by atoms with Crippen molar-refractivity contribution in [2.24, 2.45) is 0 Å². The van der Waals surface area contributed by atoms with E-state index < -0.39 is 0 Å². The molecule has 1 heterocycles. The van der Waals surface area contributed by atoms with Gasteiger partial charge in [0.2, 0.25) is 0 Å². The third-order valence-electron chi connectivity index (χ3n) is 3.23. The molecule has 0 atom stereocenters. The van der Waals surface area contributed by atoms with Crippen molar-refractivity contribution in [3.05, 3.63) is 29.6 Å². The lowest BCUT2D eigenvalue weighted by Gasteiger charge is -2.42. The van der Waals surface area contributed by atoms with Gasteiger partial charge in [0.1, 0.15) is 0 Å². The SMILES string of the molecule is CCNCC1(c2ccc(OC)c(F)c2)COC1. The summed E-state index contributed by atoms with van der Waals surface area (Å²) < 4.78 is 23.9. The van der Waals surface area contributed by atoms with Gasteiger partial charge >= 0.3 is 0 Å². The number of hydrogen-bond donors (Lipinski definition) is 1. The number of methoxy groups -OCH3 is 1. The fourth-order valence-electron chi connectivity index (χ4n) is 2.08. The van der Waals surface area contributed by atoms with E-state index in [0.717, 1.165) is 18.7 Å². The van der Waals surface area contributed by atoms with Crippen molar-refractivity contribution in [3.63, 3.8) is 0 Å². The fourth-order valence-corrected chi connectivity index (χ4v) is 2.08. The van der Waals surface area contributed by atoms with Gasteiger partial charge < -0.3 is 14.8 Å². The molecule has 1 fully saturated rings. The van der Waals surface area contributed by atoms with Crippen molar-refractivity contribution in [2.45, 2.75) is 12.3 Å². The molecule has 0 aromatic heterocycles. The second-order valence-electron chi connectivity index (χ2n) is 4.40. The normalized spacial score (nSPS) is 17.6. The Labute approximate surface area is 101 Å². The third-order valence-corrected chi connectivity index (χ3v) is 3.23. The molecule has 2 rings (SSSR count). The van der Waals surface area contributed by atoms with Gasteiger partial charge in [-0.05, 0) is 24.2 Å². The van der Waals surface area contributed by atoms with Gasteiger partial charge in [-0.15, -0.1) is 0 Å². The molecule has 1 N–H and O–H groups in total. The molecule has 1 aliphatic rings. The lowest BCUT2D eigenvalue weighted by Crippen LogP contribution is -2.53. The van der Waals surface area contributed by atoms with Gasteiger partial charge in [0.15, 0.2) is 11.6 Å². The first-order valence-electron chi connectivity index (χ1n) is 5.84. The number of benzene rings is 1. The van der Waals surface area contributed by atoms with E-state index in [9.17, 15) is 4.39 Å². The smallest absolute Gasteiger partial charge is 0.165 e. The van der Waals surface area contributed by atoms with Crippen LogP contribution in [0.1, 0.15) is 12.5 Å². The van der Waals surface area contributed by atoms with E-state index in [1.807, 2.05) is 6.07 Å². The molecule has 1 aliphatic heterocycles. The molecule has 0 spiro atoms. The minimum Gasteiger partial charge on any atom is -0.494 e. The Balaban J connectivity index is 2.22. The minimum absolute atomic E-state index is 0.0802. The van der Waals surface area contributed by atoms with E-state index in [2.05, 4.69) is 12.2 Å². The number of ether oxygens (including phenoxy) is 2. The van der Waals surface area contributed by atoms with Crippen LogP contribution in [0.15, 0.2) is 18.2 Å². The molecular weight excluding hydrogens is 221 g/mol. The molecule has 0 bridgehead atoms. The molecule has 1 aromatic carbocycles. The highest BCUT2D eigenvalue weighted by molar-refractivity contribution is 5.35. The highest BCUT2D eigenvalue weighted by atomic mass is 19.1. The van der Waals surface area contributed by atoms with Crippen LogP contribution in [0.2, 0.25) is 0 Å². The van der Waals surface area contributed by atoms with E-state index in [1.54, 1.807) is 12.1 Å². The molecule has 94 valence electrons. The van der Waals surface area contributed by atoms with E-state index in [1.165, 1.54) is 7.11 Å². The largest absolute Gasteiger partial charge is 0.494 e. The monoisotopic (exact) mass is 239 g/mol. The summed E-state index contributed by atoms with van der Waals surface area (Å²) >= 11 is 0. The average molecular weight is 239 g/mol. The molecule has 0 saturated carbocycles. The Morgan fingerprint density at radius 1 is 1.47 bits per heavy atom. The standard InChI is InChI=1S/C13H18FNO2/c1-3-15-7-13(8-17-9-13)10-4-5-12(16-2)11(14)6-10/h4-6,15H,3,7-9H2,1-2H3. The molecule has 0 aliphatic carbocycles. The zero-order valence-electron chi connectivity index (χ0n) is 10.3.